The van der Waals surface area contributed by atoms with E-state index in [1.807, 2.05) is 0 Å². The molecule has 0 aliphatic carbocycles. The largest absolute Gasteiger partial charge is 0.321 e. The van der Waals surface area contributed by atoms with Crippen molar-refractivity contribution in [2.24, 2.45) is 5.14 Å². The van der Waals surface area contributed by atoms with Crippen molar-refractivity contribution in [3.63, 3.8) is 0 Å². The monoisotopic (exact) mass is 310 g/mol. The van der Waals surface area contributed by atoms with Gasteiger partial charge in [0.2, 0.25) is 10.0 Å². The van der Waals surface area contributed by atoms with Crippen molar-refractivity contribution in [1.82, 2.24) is 0 Å². The maximum Gasteiger partial charge on any atom is 0.255 e. The van der Waals surface area contributed by atoms with E-state index >= 15 is 0 Å². The van der Waals surface area contributed by atoms with Crippen LogP contribution in [0.4, 0.5) is 5.69 Å². The lowest BCUT2D eigenvalue weighted by atomic mass is 10.2. The SMILES string of the molecule is NS(=O)(=O)c1ccc(Cl)c(NC(=O)c2ccccc2)c1. The van der Waals surface area contributed by atoms with Gasteiger partial charge in [0.05, 0.1) is 15.6 Å². The molecule has 0 aliphatic rings. The van der Waals surface area contributed by atoms with Gasteiger partial charge in [0.25, 0.3) is 5.91 Å². The Morgan fingerprint density at radius 3 is 2.35 bits per heavy atom. The van der Waals surface area contributed by atoms with Gasteiger partial charge < -0.3 is 5.32 Å². The van der Waals surface area contributed by atoms with Crippen molar-refractivity contribution in [1.29, 1.82) is 0 Å². The van der Waals surface area contributed by atoms with Crippen LogP contribution in [0.5, 0.6) is 0 Å². The smallest absolute Gasteiger partial charge is 0.255 e. The Bertz CT molecular complexity index is 745. The molecule has 0 atom stereocenters. The summed E-state index contributed by atoms with van der Waals surface area (Å²) < 4.78 is 22.5. The minimum atomic E-state index is -3.85. The minimum absolute atomic E-state index is 0.120. The number of benzene rings is 2. The second-order valence-electron chi connectivity index (χ2n) is 4.01. The van der Waals surface area contributed by atoms with Crippen molar-refractivity contribution in [2.75, 3.05) is 5.32 Å². The average Bonchev–Trinajstić information content (AvgIpc) is 2.41. The third kappa shape index (κ3) is 3.36. The quantitative estimate of drug-likeness (QED) is 0.911. The number of anilines is 1. The number of nitrogens with one attached hydrogen (secondary N) is 1. The summed E-state index contributed by atoms with van der Waals surface area (Å²) in [6, 6.07) is 12.3. The molecule has 0 spiro atoms. The predicted molar refractivity (Wildman–Crippen MR) is 77.2 cm³/mol. The number of carbonyl (C=O) groups excluding carboxylic acids is 1. The molecule has 5 nitrogen and oxygen atoms in total. The highest BCUT2D eigenvalue weighted by Crippen LogP contribution is 2.25. The Morgan fingerprint density at radius 2 is 1.75 bits per heavy atom. The van der Waals surface area contributed by atoms with Gasteiger partial charge in [-0.1, -0.05) is 29.8 Å². The Balaban J connectivity index is 2.32. The van der Waals surface area contributed by atoms with Gasteiger partial charge in [-0.05, 0) is 30.3 Å². The molecule has 3 N–H and O–H groups in total. The van der Waals surface area contributed by atoms with Gasteiger partial charge in [0.1, 0.15) is 0 Å². The molecule has 104 valence electrons. The first-order valence-electron chi connectivity index (χ1n) is 5.56. The molecule has 0 fully saturated rings. The van der Waals surface area contributed by atoms with E-state index in [-0.39, 0.29) is 21.5 Å². The summed E-state index contributed by atoms with van der Waals surface area (Å²) in [6.45, 7) is 0. The topological polar surface area (TPSA) is 89.3 Å². The molecular formula is C13H11ClN2O3S. The molecular weight excluding hydrogens is 300 g/mol. The number of primary sulfonamides is 1. The van der Waals surface area contributed by atoms with Crippen molar-refractivity contribution in [3.05, 3.63) is 59.1 Å². The van der Waals surface area contributed by atoms with Crippen molar-refractivity contribution >= 4 is 33.2 Å². The molecule has 0 radical (unpaired) electrons. The van der Waals surface area contributed by atoms with Crippen LogP contribution in [-0.2, 0) is 10.0 Å². The van der Waals surface area contributed by atoms with Crippen LogP contribution >= 0.6 is 11.6 Å². The summed E-state index contributed by atoms with van der Waals surface area (Å²) in [5, 5.41) is 7.81. The number of hydrogen-bond donors (Lipinski definition) is 2. The van der Waals surface area contributed by atoms with Crippen LogP contribution < -0.4 is 10.5 Å². The Kier molecular flexibility index (Phi) is 4.08. The number of rotatable bonds is 3. The highest BCUT2D eigenvalue weighted by molar-refractivity contribution is 7.89. The van der Waals surface area contributed by atoms with E-state index in [1.165, 1.54) is 18.2 Å². The Hall–Kier alpha value is -1.89. The van der Waals surface area contributed by atoms with Gasteiger partial charge in [0.15, 0.2) is 0 Å². The molecule has 0 saturated carbocycles. The molecule has 0 saturated heterocycles. The highest BCUT2D eigenvalue weighted by Gasteiger charge is 2.13. The van der Waals surface area contributed by atoms with Gasteiger partial charge in [-0.2, -0.15) is 0 Å². The van der Waals surface area contributed by atoms with Crippen LogP contribution in [0.15, 0.2) is 53.4 Å². The molecule has 7 heteroatoms. The fourth-order valence-electron chi connectivity index (χ4n) is 1.56. The Labute approximate surface area is 121 Å². The highest BCUT2D eigenvalue weighted by atomic mass is 35.5. The van der Waals surface area contributed by atoms with Gasteiger partial charge in [-0.3, -0.25) is 4.79 Å². The van der Waals surface area contributed by atoms with Crippen LogP contribution in [0.2, 0.25) is 5.02 Å². The maximum absolute atomic E-state index is 12.0. The fraction of sp³-hybridized carbons (Fsp3) is 0. The van der Waals surface area contributed by atoms with E-state index in [2.05, 4.69) is 5.32 Å². The lowest BCUT2D eigenvalue weighted by molar-refractivity contribution is 0.102. The summed E-state index contributed by atoms with van der Waals surface area (Å²) in [5.41, 5.74) is 0.622. The lowest BCUT2D eigenvalue weighted by Gasteiger charge is -2.08. The second kappa shape index (κ2) is 5.62. The third-order valence-corrected chi connectivity index (χ3v) is 3.79. The van der Waals surface area contributed by atoms with Crippen LogP contribution in [0.1, 0.15) is 10.4 Å². The van der Waals surface area contributed by atoms with E-state index in [9.17, 15) is 13.2 Å². The van der Waals surface area contributed by atoms with Gasteiger partial charge in [-0.15, -0.1) is 0 Å². The van der Waals surface area contributed by atoms with Gasteiger partial charge in [-0.25, -0.2) is 13.6 Å². The van der Waals surface area contributed by atoms with Crippen molar-refractivity contribution in [3.8, 4) is 0 Å². The summed E-state index contributed by atoms with van der Waals surface area (Å²) in [4.78, 5) is 11.9. The first-order valence-corrected chi connectivity index (χ1v) is 7.49. The molecule has 2 rings (SSSR count). The van der Waals surface area contributed by atoms with E-state index < -0.39 is 10.0 Å². The number of hydrogen-bond acceptors (Lipinski definition) is 3. The standard InChI is InChI=1S/C13H11ClN2O3S/c14-11-7-6-10(20(15,18)19)8-12(11)16-13(17)9-4-2-1-3-5-9/h1-8H,(H,16,17)(H2,15,18,19). The Morgan fingerprint density at radius 1 is 1.10 bits per heavy atom. The number of halogens is 1. The molecule has 20 heavy (non-hydrogen) atoms. The van der Waals surface area contributed by atoms with Crippen molar-refractivity contribution in [2.45, 2.75) is 4.90 Å². The third-order valence-electron chi connectivity index (χ3n) is 2.55. The van der Waals surface area contributed by atoms with Crippen LogP contribution in [-0.4, -0.2) is 14.3 Å². The van der Waals surface area contributed by atoms with Gasteiger partial charge >= 0.3 is 0 Å². The molecule has 2 aromatic rings. The lowest BCUT2D eigenvalue weighted by Crippen LogP contribution is -2.15. The summed E-state index contributed by atoms with van der Waals surface area (Å²) in [6.07, 6.45) is 0. The summed E-state index contributed by atoms with van der Waals surface area (Å²) in [5.74, 6) is -0.390. The van der Waals surface area contributed by atoms with E-state index in [0.717, 1.165) is 0 Å². The van der Waals surface area contributed by atoms with Crippen LogP contribution in [0.3, 0.4) is 0 Å². The predicted octanol–water partition coefficient (Wildman–Crippen LogP) is 2.24. The second-order valence-corrected chi connectivity index (χ2v) is 5.98. The first kappa shape index (κ1) is 14.5. The minimum Gasteiger partial charge on any atom is -0.321 e. The zero-order valence-corrected chi connectivity index (χ0v) is 11.8. The molecule has 1 amide bonds. The van der Waals surface area contributed by atoms with E-state index in [0.29, 0.717) is 5.56 Å². The zero-order valence-electron chi connectivity index (χ0n) is 10.2. The van der Waals surface area contributed by atoms with E-state index in [4.69, 9.17) is 16.7 Å². The molecule has 0 aliphatic heterocycles. The number of sulfonamides is 1. The first-order chi connectivity index (χ1) is 9.38. The summed E-state index contributed by atoms with van der Waals surface area (Å²) in [7, 11) is -3.85. The van der Waals surface area contributed by atoms with E-state index in [1.54, 1.807) is 30.3 Å². The molecule has 0 aromatic heterocycles. The van der Waals surface area contributed by atoms with Crippen LogP contribution in [0, 0.1) is 0 Å². The molecule has 0 bridgehead atoms. The molecule has 0 unspecified atom stereocenters. The molecule has 2 aromatic carbocycles. The molecule has 0 heterocycles. The average molecular weight is 311 g/mol. The maximum atomic E-state index is 12.0. The zero-order chi connectivity index (χ0) is 14.8. The van der Waals surface area contributed by atoms with Crippen molar-refractivity contribution < 1.29 is 13.2 Å². The van der Waals surface area contributed by atoms with Gasteiger partial charge in [0, 0.05) is 5.56 Å². The summed E-state index contributed by atoms with van der Waals surface area (Å²) >= 11 is 5.93. The number of amides is 1. The fourth-order valence-corrected chi connectivity index (χ4v) is 2.27. The van der Waals surface area contributed by atoms with Crippen LogP contribution in [0.25, 0.3) is 0 Å². The number of nitrogens with two attached hydrogens (primary N) is 1. The number of carbonyl (C=O) groups is 1. The normalized spacial score (nSPS) is 11.1.